The fourth-order valence-electron chi connectivity index (χ4n) is 0.969. The summed E-state index contributed by atoms with van der Waals surface area (Å²) in [5, 5.41) is 8.65. The van der Waals surface area contributed by atoms with Crippen molar-refractivity contribution in [2.75, 3.05) is 5.32 Å². The zero-order valence-electron chi connectivity index (χ0n) is 8.22. The third-order valence-corrected chi connectivity index (χ3v) is 1.38. The van der Waals surface area contributed by atoms with Gasteiger partial charge in [-0.3, -0.25) is 0 Å². The molecule has 70 valence electrons. The first-order chi connectivity index (χ1) is 6.18. The molecule has 1 aromatic carbocycles. The van der Waals surface area contributed by atoms with Crippen LogP contribution in [0.2, 0.25) is 0 Å². The van der Waals surface area contributed by atoms with E-state index in [9.17, 15) is 0 Å². The van der Waals surface area contributed by atoms with Crippen molar-refractivity contribution in [1.29, 1.82) is 5.41 Å². The molecule has 0 saturated carbocycles. The number of nitrogens with one attached hydrogen (secondary N) is 2. The van der Waals surface area contributed by atoms with E-state index in [2.05, 4.69) is 37.7 Å². The second-order valence-electron chi connectivity index (χ2n) is 2.77. The Labute approximate surface area is 79.8 Å². The Hall–Kier alpha value is -1.57. The smallest absolute Gasteiger partial charge is 0.0384 e. The summed E-state index contributed by atoms with van der Waals surface area (Å²) in [7, 11) is 0. The molecule has 1 rings (SSSR count). The van der Waals surface area contributed by atoms with E-state index in [1.807, 2.05) is 19.1 Å². The minimum Gasteiger partial charge on any atom is -0.360 e. The monoisotopic (exact) mass is 176 g/mol. The molecule has 1 aromatic rings. The zero-order valence-corrected chi connectivity index (χ0v) is 8.22. The van der Waals surface area contributed by atoms with Gasteiger partial charge in [0.15, 0.2) is 0 Å². The lowest BCUT2D eigenvalue weighted by Gasteiger charge is -2.04. The van der Waals surface area contributed by atoms with E-state index >= 15 is 0 Å². The maximum atomic E-state index is 5.50. The molecule has 2 nitrogen and oxygen atoms in total. The highest BCUT2D eigenvalue weighted by Crippen LogP contribution is 2.10. The average Bonchev–Trinajstić information content (AvgIpc) is 2.06. The van der Waals surface area contributed by atoms with E-state index in [1.54, 1.807) is 0 Å². The standard InChI is InChI=1S/C10H13N.CH3N/c1-8(2)11-10-6-4-5-9(3)7-10;1-2/h4-7,11H,1H2,2-3H3;2H,1H2. The summed E-state index contributed by atoms with van der Waals surface area (Å²) in [5.41, 5.74) is 3.34. The molecule has 0 atom stereocenters. The molecule has 2 heteroatoms. The Morgan fingerprint density at radius 2 is 2.00 bits per heavy atom. The molecule has 0 radical (unpaired) electrons. The second-order valence-corrected chi connectivity index (χ2v) is 2.77. The van der Waals surface area contributed by atoms with Gasteiger partial charge in [-0.2, -0.15) is 0 Å². The summed E-state index contributed by atoms with van der Waals surface area (Å²) in [6.07, 6.45) is 0. The van der Waals surface area contributed by atoms with Gasteiger partial charge in [0.2, 0.25) is 0 Å². The van der Waals surface area contributed by atoms with Crippen molar-refractivity contribution < 1.29 is 0 Å². The van der Waals surface area contributed by atoms with Crippen molar-refractivity contribution in [2.45, 2.75) is 13.8 Å². The van der Waals surface area contributed by atoms with Crippen molar-refractivity contribution in [1.82, 2.24) is 0 Å². The molecule has 0 saturated heterocycles. The lowest BCUT2D eigenvalue weighted by atomic mass is 10.2. The third kappa shape index (κ3) is 4.80. The van der Waals surface area contributed by atoms with Crippen LogP contribution in [0.3, 0.4) is 0 Å². The van der Waals surface area contributed by atoms with Gasteiger partial charge in [-0.25, -0.2) is 0 Å². The highest BCUT2D eigenvalue weighted by atomic mass is 14.9. The van der Waals surface area contributed by atoms with E-state index in [0.717, 1.165) is 11.4 Å². The van der Waals surface area contributed by atoms with Gasteiger partial charge in [0, 0.05) is 11.4 Å². The summed E-state index contributed by atoms with van der Waals surface area (Å²) in [5.74, 6) is 0. The van der Waals surface area contributed by atoms with Crippen molar-refractivity contribution in [3.8, 4) is 0 Å². The first kappa shape index (κ1) is 11.4. The van der Waals surface area contributed by atoms with Gasteiger partial charge in [0.05, 0.1) is 0 Å². The molecule has 0 aliphatic carbocycles. The van der Waals surface area contributed by atoms with Crippen LogP contribution < -0.4 is 5.32 Å². The van der Waals surface area contributed by atoms with Crippen LogP contribution in [0.4, 0.5) is 5.69 Å². The Balaban J connectivity index is 0.000000671. The van der Waals surface area contributed by atoms with Gasteiger partial charge in [-0.05, 0) is 38.3 Å². The van der Waals surface area contributed by atoms with Gasteiger partial charge in [0.25, 0.3) is 0 Å². The molecular weight excluding hydrogens is 160 g/mol. The van der Waals surface area contributed by atoms with E-state index in [-0.39, 0.29) is 0 Å². The molecule has 0 aliphatic heterocycles. The van der Waals surface area contributed by atoms with Crippen LogP contribution in [0.1, 0.15) is 12.5 Å². The topological polar surface area (TPSA) is 35.9 Å². The summed E-state index contributed by atoms with van der Waals surface area (Å²) in [4.78, 5) is 0. The first-order valence-electron chi connectivity index (χ1n) is 4.03. The van der Waals surface area contributed by atoms with Crippen LogP contribution in [0.25, 0.3) is 0 Å². The molecule has 2 N–H and O–H groups in total. The minimum atomic E-state index is 0.968. The minimum absolute atomic E-state index is 0.968. The van der Waals surface area contributed by atoms with Gasteiger partial charge >= 0.3 is 0 Å². The molecule has 0 heterocycles. The number of hydrogen-bond donors (Lipinski definition) is 2. The van der Waals surface area contributed by atoms with Crippen molar-refractivity contribution in [3.05, 3.63) is 42.1 Å². The average molecular weight is 176 g/mol. The number of benzene rings is 1. The molecule has 0 aromatic heterocycles. The SMILES string of the molecule is C=C(C)Nc1cccc(C)c1.C=N. The third-order valence-electron chi connectivity index (χ3n) is 1.38. The van der Waals surface area contributed by atoms with Crippen molar-refractivity contribution in [2.24, 2.45) is 0 Å². The van der Waals surface area contributed by atoms with E-state index in [0.29, 0.717) is 0 Å². The molecule has 0 aliphatic rings. The van der Waals surface area contributed by atoms with Crippen LogP contribution in [0.5, 0.6) is 0 Å². The van der Waals surface area contributed by atoms with Gasteiger partial charge in [-0.15, -0.1) is 0 Å². The molecule has 13 heavy (non-hydrogen) atoms. The number of anilines is 1. The van der Waals surface area contributed by atoms with Crippen LogP contribution in [-0.4, -0.2) is 6.72 Å². The van der Waals surface area contributed by atoms with Crippen LogP contribution in [-0.2, 0) is 0 Å². The predicted molar refractivity (Wildman–Crippen MR) is 59.5 cm³/mol. The molecule has 0 amide bonds. The number of allylic oxidation sites excluding steroid dienone is 1. The Bertz CT molecular complexity index is 279. The molecule has 0 fully saturated rings. The normalized spacial score (nSPS) is 8.15. The number of aryl methyl sites for hydroxylation is 1. The second kappa shape index (κ2) is 6.00. The van der Waals surface area contributed by atoms with Crippen LogP contribution in [0, 0.1) is 12.3 Å². The maximum absolute atomic E-state index is 5.50. The molecule has 0 bridgehead atoms. The predicted octanol–water partition coefficient (Wildman–Crippen LogP) is 3.21. The lowest BCUT2D eigenvalue weighted by molar-refractivity contribution is 1.37. The number of hydrogen-bond acceptors (Lipinski definition) is 2. The highest BCUT2D eigenvalue weighted by Gasteiger charge is 1.89. The van der Waals surface area contributed by atoms with E-state index < -0.39 is 0 Å². The summed E-state index contributed by atoms with van der Waals surface area (Å²) in [6.45, 7) is 10.3. The summed E-state index contributed by atoms with van der Waals surface area (Å²) >= 11 is 0. The zero-order chi connectivity index (χ0) is 10.3. The van der Waals surface area contributed by atoms with Gasteiger partial charge in [0.1, 0.15) is 0 Å². The first-order valence-corrected chi connectivity index (χ1v) is 4.03. The van der Waals surface area contributed by atoms with E-state index in [4.69, 9.17) is 5.41 Å². The maximum Gasteiger partial charge on any atom is 0.0384 e. The Morgan fingerprint density at radius 1 is 1.38 bits per heavy atom. The molecular formula is C11H16N2. The van der Waals surface area contributed by atoms with Crippen LogP contribution >= 0.6 is 0 Å². The van der Waals surface area contributed by atoms with Gasteiger partial charge in [-0.1, -0.05) is 18.7 Å². The lowest BCUT2D eigenvalue weighted by Crippen LogP contribution is -1.92. The molecule has 0 spiro atoms. The largest absolute Gasteiger partial charge is 0.360 e. The number of rotatable bonds is 2. The van der Waals surface area contributed by atoms with Crippen molar-refractivity contribution in [3.63, 3.8) is 0 Å². The quantitative estimate of drug-likeness (QED) is 0.667. The van der Waals surface area contributed by atoms with Crippen molar-refractivity contribution >= 4 is 12.4 Å². The van der Waals surface area contributed by atoms with Crippen LogP contribution in [0.15, 0.2) is 36.5 Å². The van der Waals surface area contributed by atoms with E-state index in [1.165, 1.54) is 5.56 Å². The summed E-state index contributed by atoms with van der Waals surface area (Å²) < 4.78 is 0. The Morgan fingerprint density at radius 3 is 2.46 bits per heavy atom. The molecule has 0 unspecified atom stereocenters. The fourth-order valence-corrected chi connectivity index (χ4v) is 0.969. The Kier molecular flexibility index (Phi) is 5.28. The van der Waals surface area contributed by atoms with Gasteiger partial charge < -0.3 is 10.7 Å². The fraction of sp³-hybridized carbons (Fsp3) is 0.182. The summed E-state index contributed by atoms with van der Waals surface area (Å²) in [6, 6.07) is 8.22. The highest BCUT2D eigenvalue weighted by molar-refractivity contribution is 5.48.